The van der Waals surface area contributed by atoms with E-state index < -0.39 is 16.1 Å². The maximum absolute atomic E-state index is 14.1. The van der Waals surface area contributed by atoms with Crippen LogP contribution < -0.4 is 4.90 Å². The van der Waals surface area contributed by atoms with Crippen molar-refractivity contribution >= 4 is 54.0 Å². The fourth-order valence-electron chi connectivity index (χ4n) is 4.43. The zero-order valence-corrected chi connectivity index (χ0v) is 22.1. The van der Waals surface area contributed by atoms with Gasteiger partial charge in [0.2, 0.25) is 5.91 Å². The summed E-state index contributed by atoms with van der Waals surface area (Å²) in [5.41, 5.74) is 4.14. The van der Waals surface area contributed by atoms with Crippen LogP contribution in [0.2, 0.25) is 0 Å². The highest BCUT2D eigenvalue weighted by atomic mass is 32.2. The van der Waals surface area contributed by atoms with Gasteiger partial charge < -0.3 is 0 Å². The number of thiophene rings is 1. The third-order valence-electron chi connectivity index (χ3n) is 6.47. The lowest BCUT2D eigenvalue weighted by Gasteiger charge is -2.35. The van der Waals surface area contributed by atoms with Gasteiger partial charge in [-0.1, -0.05) is 54.2 Å². The molecular weight excluding hydrogens is 499 g/mol. The van der Waals surface area contributed by atoms with Crippen molar-refractivity contribution in [2.45, 2.75) is 49.9 Å². The Morgan fingerprint density at radius 3 is 2.60 bits per heavy atom. The molecule has 3 heterocycles. The number of aryl methyl sites for hydroxylation is 2. The number of sulfonamides is 1. The predicted octanol–water partition coefficient (Wildman–Crippen LogP) is 5.75. The minimum atomic E-state index is -3.75. The molecule has 0 radical (unpaired) electrons. The van der Waals surface area contributed by atoms with Crippen molar-refractivity contribution in [2.24, 2.45) is 0 Å². The molecule has 1 aliphatic heterocycles. The number of carbonyl (C=O) groups excluding carboxylic acids is 1. The van der Waals surface area contributed by atoms with Gasteiger partial charge in [-0.25, -0.2) is 13.4 Å². The van der Waals surface area contributed by atoms with Gasteiger partial charge in [0.1, 0.15) is 10.3 Å². The summed E-state index contributed by atoms with van der Waals surface area (Å²) in [6.07, 6.45) is 2.05. The lowest BCUT2D eigenvalue weighted by Crippen LogP contribution is -2.52. The number of anilines is 1. The molecule has 9 heteroatoms. The first-order chi connectivity index (χ1) is 16.8. The van der Waals surface area contributed by atoms with Crippen molar-refractivity contribution in [1.29, 1.82) is 0 Å². The number of amides is 1. The first-order valence-corrected chi connectivity index (χ1v) is 14.8. The number of carbonyl (C=O) groups is 1. The van der Waals surface area contributed by atoms with E-state index in [-0.39, 0.29) is 10.1 Å². The number of thiazole rings is 1. The van der Waals surface area contributed by atoms with Gasteiger partial charge in [-0.3, -0.25) is 9.69 Å². The number of hydrogen-bond acceptors (Lipinski definition) is 6. The summed E-state index contributed by atoms with van der Waals surface area (Å²) in [6.45, 7) is 4.79. The van der Waals surface area contributed by atoms with E-state index in [2.05, 4.69) is 19.9 Å². The SMILES string of the molecule is Cc1cc2nc(N(Cc3ccccc3)C(=O)C3CCCCN3S(=O)(=O)c3cccs3)sc2cc1C. The van der Waals surface area contributed by atoms with Crippen molar-refractivity contribution in [1.82, 2.24) is 9.29 Å². The van der Waals surface area contributed by atoms with Crippen LogP contribution in [0.3, 0.4) is 0 Å². The topological polar surface area (TPSA) is 70.6 Å². The van der Waals surface area contributed by atoms with Crippen LogP contribution in [-0.4, -0.2) is 36.2 Å². The Morgan fingerprint density at radius 2 is 1.86 bits per heavy atom. The van der Waals surface area contributed by atoms with E-state index in [0.29, 0.717) is 24.6 Å². The molecule has 0 aliphatic carbocycles. The molecule has 1 amide bonds. The Labute approximate surface area is 213 Å². The zero-order valence-electron chi connectivity index (χ0n) is 19.7. The van der Waals surface area contributed by atoms with E-state index in [1.165, 1.54) is 32.5 Å². The maximum atomic E-state index is 14.1. The summed E-state index contributed by atoms with van der Waals surface area (Å²) in [4.78, 5) is 20.6. The number of aromatic nitrogens is 1. The van der Waals surface area contributed by atoms with E-state index in [9.17, 15) is 13.2 Å². The highest BCUT2D eigenvalue weighted by Gasteiger charge is 2.40. The number of hydrogen-bond donors (Lipinski definition) is 0. The van der Waals surface area contributed by atoms with Crippen molar-refractivity contribution in [3.8, 4) is 0 Å². The molecule has 1 atom stereocenters. The molecule has 6 nitrogen and oxygen atoms in total. The molecule has 182 valence electrons. The van der Waals surface area contributed by atoms with Gasteiger partial charge in [-0.05, 0) is 67.0 Å². The highest BCUT2D eigenvalue weighted by Crippen LogP contribution is 2.34. The summed E-state index contributed by atoms with van der Waals surface area (Å²) >= 11 is 2.66. The van der Waals surface area contributed by atoms with E-state index in [0.717, 1.165) is 34.2 Å². The van der Waals surface area contributed by atoms with Crippen molar-refractivity contribution in [3.05, 3.63) is 76.7 Å². The minimum absolute atomic E-state index is 0.221. The molecule has 1 aliphatic rings. The van der Waals surface area contributed by atoms with Crippen LogP contribution in [0.1, 0.15) is 36.0 Å². The van der Waals surface area contributed by atoms with Crippen molar-refractivity contribution < 1.29 is 13.2 Å². The van der Waals surface area contributed by atoms with E-state index in [1.807, 2.05) is 36.4 Å². The molecule has 0 bridgehead atoms. The number of benzene rings is 2. The second-order valence-electron chi connectivity index (χ2n) is 8.87. The molecule has 5 rings (SSSR count). The average Bonchev–Trinajstić information content (AvgIpc) is 3.54. The summed E-state index contributed by atoms with van der Waals surface area (Å²) in [6, 6.07) is 16.5. The number of nitrogens with zero attached hydrogens (tertiary/aromatic N) is 3. The monoisotopic (exact) mass is 525 g/mol. The summed E-state index contributed by atoms with van der Waals surface area (Å²) in [5, 5.41) is 2.35. The zero-order chi connectivity index (χ0) is 24.6. The summed E-state index contributed by atoms with van der Waals surface area (Å²) in [5.74, 6) is -0.221. The molecule has 2 aromatic heterocycles. The fourth-order valence-corrected chi connectivity index (χ4v) is 8.25. The van der Waals surface area contributed by atoms with Gasteiger partial charge in [0, 0.05) is 6.54 Å². The Morgan fingerprint density at radius 1 is 1.09 bits per heavy atom. The van der Waals surface area contributed by atoms with E-state index in [1.54, 1.807) is 22.4 Å². The van der Waals surface area contributed by atoms with Crippen LogP contribution in [0, 0.1) is 13.8 Å². The third-order valence-corrected chi connectivity index (χ3v) is 10.8. The second kappa shape index (κ2) is 9.81. The van der Waals surface area contributed by atoms with Crippen LogP contribution in [0.4, 0.5) is 5.13 Å². The van der Waals surface area contributed by atoms with Crippen molar-refractivity contribution in [2.75, 3.05) is 11.4 Å². The largest absolute Gasteiger partial charge is 0.282 e. The lowest BCUT2D eigenvalue weighted by atomic mass is 10.0. The number of fused-ring (bicyclic) bond motifs is 1. The van der Waals surface area contributed by atoms with E-state index in [4.69, 9.17) is 4.98 Å². The van der Waals surface area contributed by atoms with Crippen molar-refractivity contribution in [3.63, 3.8) is 0 Å². The number of rotatable bonds is 6. The first-order valence-electron chi connectivity index (χ1n) is 11.6. The summed E-state index contributed by atoms with van der Waals surface area (Å²) < 4.78 is 29.6. The van der Waals surface area contributed by atoms with Crippen LogP contribution in [0.5, 0.6) is 0 Å². The van der Waals surface area contributed by atoms with Gasteiger partial charge in [0.05, 0.1) is 16.8 Å². The molecule has 1 fully saturated rings. The van der Waals surface area contributed by atoms with Crippen LogP contribution in [0.15, 0.2) is 64.2 Å². The Balaban J connectivity index is 1.55. The van der Waals surface area contributed by atoms with Gasteiger partial charge in [-0.2, -0.15) is 4.31 Å². The quantitative estimate of drug-likeness (QED) is 0.321. The third kappa shape index (κ3) is 4.78. The van der Waals surface area contributed by atoms with Gasteiger partial charge in [0.25, 0.3) is 10.0 Å². The van der Waals surface area contributed by atoms with Gasteiger partial charge >= 0.3 is 0 Å². The number of piperidine rings is 1. The first kappa shape index (κ1) is 24.1. The average molecular weight is 526 g/mol. The molecule has 4 aromatic rings. The molecule has 0 N–H and O–H groups in total. The Bertz CT molecular complexity index is 1410. The Kier molecular flexibility index (Phi) is 6.76. The minimum Gasteiger partial charge on any atom is -0.282 e. The molecule has 2 aromatic carbocycles. The summed E-state index contributed by atoms with van der Waals surface area (Å²) in [7, 11) is -3.75. The van der Waals surface area contributed by atoms with Crippen LogP contribution in [0.25, 0.3) is 10.2 Å². The molecule has 0 spiro atoms. The smallest absolute Gasteiger partial charge is 0.253 e. The Hall–Kier alpha value is -2.59. The molecule has 1 unspecified atom stereocenters. The highest BCUT2D eigenvalue weighted by molar-refractivity contribution is 7.91. The van der Waals surface area contributed by atoms with Gasteiger partial charge in [-0.15, -0.1) is 11.3 Å². The van der Waals surface area contributed by atoms with Crippen LogP contribution >= 0.6 is 22.7 Å². The lowest BCUT2D eigenvalue weighted by molar-refractivity contribution is -0.123. The normalized spacial score (nSPS) is 17.0. The molecule has 35 heavy (non-hydrogen) atoms. The maximum Gasteiger partial charge on any atom is 0.253 e. The standard InChI is InChI=1S/C26H27N3O3S3/c1-18-15-21-23(16-19(18)2)34-26(27-21)28(17-20-9-4-3-5-10-20)25(30)22-11-6-7-13-29(22)35(31,32)24-12-8-14-33-24/h3-5,8-10,12,14-16,22H,6-7,11,13,17H2,1-2H3. The van der Waals surface area contributed by atoms with Crippen LogP contribution in [-0.2, 0) is 21.4 Å². The molecule has 0 saturated carbocycles. The predicted molar refractivity (Wildman–Crippen MR) is 143 cm³/mol. The molecule has 1 saturated heterocycles. The fraction of sp³-hybridized carbons (Fsp3) is 0.308. The molecular formula is C26H27N3O3S3. The second-order valence-corrected chi connectivity index (χ2v) is 12.9. The van der Waals surface area contributed by atoms with E-state index >= 15 is 0 Å². The van der Waals surface area contributed by atoms with Gasteiger partial charge in [0.15, 0.2) is 5.13 Å².